The number of nitrogens with zero attached hydrogens (tertiary/aromatic N) is 1. The van der Waals surface area contributed by atoms with Gasteiger partial charge in [-0.2, -0.15) is 0 Å². The van der Waals surface area contributed by atoms with Gasteiger partial charge in [-0.1, -0.05) is 29.8 Å². The highest BCUT2D eigenvalue weighted by Gasteiger charge is 2.07. The highest BCUT2D eigenvalue weighted by molar-refractivity contribution is 7.13. The molecule has 0 spiro atoms. The molecule has 0 bridgehead atoms. The summed E-state index contributed by atoms with van der Waals surface area (Å²) in [5.74, 6) is 0.571. The number of nitrogens with one attached hydrogen (secondary N) is 1. The van der Waals surface area contributed by atoms with Crippen LogP contribution in [0.3, 0.4) is 0 Å². The zero-order chi connectivity index (χ0) is 19.2. The number of benzene rings is 2. The molecule has 1 aromatic heterocycles. The Bertz CT molecular complexity index is 922. The van der Waals surface area contributed by atoms with Crippen molar-refractivity contribution in [2.45, 2.75) is 20.3 Å². The summed E-state index contributed by atoms with van der Waals surface area (Å²) < 4.78 is 5.54. The van der Waals surface area contributed by atoms with Crippen LogP contribution in [0.25, 0.3) is 10.6 Å². The van der Waals surface area contributed by atoms with Crippen molar-refractivity contribution in [3.63, 3.8) is 0 Å². The van der Waals surface area contributed by atoms with Crippen molar-refractivity contribution in [3.05, 3.63) is 69.7 Å². The minimum absolute atomic E-state index is 0.00952. The number of aromatic nitrogens is 1. The lowest BCUT2D eigenvalue weighted by molar-refractivity contribution is -0.123. The SMILES string of the molecule is Cc1ccc(OCC(=O)NCCc2csc(-c3ccc(Cl)cc3)n2)cc1C. The molecule has 27 heavy (non-hydrogen) atoms. The topological polar surface area (TPSA) is 51.2 Å². The fourth-order valence-electron chi connectivity index (χ4n) is 2.48. The van der Waals surface area contributed by atoms with Crippen LogP contribution in [0.2, 0.25) is 5.02 Å². The van der Waals surface area contributed by atoms with Gasteiger partial charge in [0.05, 0.1) is 5.69 Å². The van der Waals surface area contributed by atoms with E-state index in [0.717, 1.165) is 21.8 Å². The average Bonchev–Trinajstić information content (AvgIpc) is 3.12. The number of halogens is 1. The Balaban J connectivity index is 1.43. The number of hydrogen-bond acceptors (Lipinski definition) is 4. The minimum Gasteiger partial charge on any atom is -0.484 e. The lowest BCUT2D eigenvalue weighted by Gasteiger charge is -2.08. The number of hydrogen-bond donors (Lipinski definition) is 1. The first-order chi connectivity index (χ1) is 13.0. The summed E-state index contributed by atoms with van der Waals surface area (Å²) >= 11 is 7.50. The summed E-state index contributed by atoms with van der Waals surface area (Å²) in [6.45, 7) is 4.60. The smallest absolute Gasteiger partial charge is 0.257 e. The van der Waals surface area contributed by atoms with Crippen LogP contribution in [0.5, 0.6) is 5.75 Å². The van der Waals surface area contributed by atoms with E-state index in [0.29, 0.717) is 23.7 Å². The van der Waals surface area contributed by atoms with Gasteiger partial charge < -0.3 is 10.1 Å². The van der Waals surface area contributed by atoms with E-state index in [9.17, 15) is 4.79 Å². The first kappa shape index (κ1) is 19.4. The molecule has 3 aromatic rings. The predicted molar refractivity (Wildman–Crippen MR) is 111 cm³/mol. The van der Waals surface area contributed by atoms with Gasteiger partial charge in [-0.25, -0.2) is 4.98 Å². The molecule has 0 aliphatic heterocycles. The van der Waals surface area contributed by atoms with Crippen molar-refractivity contribution < 1.29 is 9.53 Å². The molecule has 1 amide bonds. The maximum Gasteiger partial charge on any atom is 0.257 e. The van der Waals surface area contributed by atoms with Gasteiger partial charge in [0.25, 0.3) is 5.91 Å². The Morgan fingerprint density at radius 3 is 2.67 bits per heavy atom. The van der Waals surface area contributed by atoms with Gasteiger partial charge in [0, 0.05) is 28.9 Å². The van der Waals surface area contributed by atoms with Gasteiger partial charge in [-0.15, -0.1) is 11.3 Å². The maximum atomic E-state index is 12.0. The summed E-state index contributed by atoms with van der Waals surface area (Å²) in [7, 11) is 0. The van der Waals surface area contributed by atoms with Crippen molar-refractivity contribution in [2.75, 3.05) is 13.2 Å². The van der Waals surface area contributed by atoms with Gasteiger partial charge >= 0.3 is 0 Å². The number of rotatable bonds is 7. The number of carbonyl (C=O) groups excluding carboxylic acids is 1. The third-order valence-electron chi connectivity index (χ3n) is 4.19. The average molecular weight is 401 g/mol. The summed E-state index contributed by atoms with van der Waals surface area (Å²) in [5.41, 5.74) is 4.35. The lowest BCUT2D eigenvalue weighted by Crippen LogP contribution is -2.30. The van der Waals surface area contributed by atoms with E-state index in [-0.39, 0.29) is 12.5 Å². The molecule has 0 saturated carbocycles. The molecular weight excluding hydrogens is 380 g/mol. The highest BCUT2D eigenvalue weighted by Crippen LogP contribution is 2.25. The van der Waals surface area contributed by atoms with Crippen molar-refractivity contribution in [1.29, 1.82) is 0 Å². The summed E-state index contributed by atoms with van der Waals surface area (Å²) in [6, 6.07) is 13.4. The fraction of sp³-hybridized carbons (Fsp3) is 0.238. The Labute approximate surface area is 168 Å². The molecule has 4 nitrogen and oxygen atoms in total. The summed E-state index contributed by atoms with van der Waals surface area (Å²) in [4.78, 5) is 16.6. The number of amides is 1. The Morgan fingerprint density at radius 1 is 1.15 bits per heavy atom. The van der Waals surface area contributed by atoms with E-state index in [2.05, 4.69) is 10.3 Å². The van der Waals surface area contributed by atoms with E-state index in [1.54, 1.807) is 11.3 Å². The molecule has 0 saturated heterocycles. The van der Waals surface area contributed by atoms with Crippen LogP contribution in [0, 0.1) is 13.8 Å². The van der Waals surface area contributed by atoms with Crippen LogP contribution < -0.4 is 10.1 Å². The van der Waals surface area contributed by atoms with E-state index < -0.39 is 0 Å². The van der Waals surface area contributed by atoms with Crippen LogP contribution in [-0.4, -0.2) is 24.0 Å². The van der Waals surface area contributed by atoms with Gasteiger partial charge in [-0.05, 0) is 49.2 Å². The molecule has 140 valence electrons. The maximum absolute atomic E-state index is 12.0. The van der Waals surface area contributed by atoms with Crippen LogP contribution in [0.15, 0.2) is 47.8 Å². The Kier molecular flexibility index (Phi) is 6.48. The molecule has 3 rings (SSSR count). The van der Waals surface area contributed by atoms with Crippen molar-refractivity contribution >= 4 is 28.8 Å². The number of aryl methyl sites for hydroxylation is 2. The van der Waals surface area contributed by atoms with Crippen LogP contribution in [0.4, 0.5) is 0 Å². The van der Waals surface area contributed by atoms with Crippen LogP contribution in [-0.2, 0) is 11.2 Å². The molecule has 0 fully saturated rings. The van der Waals surface area contributed by atoms with Gasteiger partial charge in [-0.3, -0.25) is 4.79 Å². The first-order valence-electron chi connectivity index (χ1n) is 8.68. The summed E-state index contributed by atoms with van der Waals surface area (Å²) in [5, 5.41) is 6.54. The number of ether oxygens (including phenoxy) is 1. The zero-order valence-corrected chi connectivity index (χ0v) is 16.9. The molecule has 1 N–H and O–H groups in total. The van der Waals surface area contributed by atoms with E-state index in [1.165, 1.54) is 5.56 Å². The third kappa shape index (κ3) is 5.55. The Morgan fingerprint density at radius 2 is 1.93 bits per heavy atom. The second-order valence-corrected chi connectivity index (χ2v) is 7.58. The normalized spacial score (nSPS) is 10.6. The monoisotopic (exact) mass is 400 g/mol. The minimum atomic E-state index is -0.138. The number of carbonyl (C=O) groups is 1. The molecule has 0 radical (unpaired) electrons. The standard InChI is InChI=1S/C21H21ClN2O2S/c1-14-3-8-19(11-15(14)2)26-12-20(25)23-10-9-18-13-27-21(24-18)16-4-6-17(22)7-5-16/h3-8,11,13H,9-10,12H2,1-2H3,(H,23,25). The van der Waals surface area contributed by atoms with E-state index in [4.69, 9.17) is 16.3 Å². The first-order valence-corrected chi connectivity index (χ1v) is 9.94. The number of thiazole rings is 1. The zero-order valence-electron chi connectivity index (χ0n) is 15.3. The molecule has 6 heteroatoms. The molecule has 0 unspecified atom stereocenters. The molecule has 0 aliphatic carbocycles. The van der Waals surface area contributed by atoms with Crippen LogP contribution in [0.1, 0.15) is 16.8 Å². The van der Waals surface area contributed by atoms with Crippen molar-refractivity contribution in [3.8, 4) is 16.3 Å². The van der Waals surface area contributed by atoms with Gasteiger partial charge in [0.15, 0.2) is 6.61 Å². The molecular formula is C21H21ClN2O2S. The highest BCUT2D eigenvalue weighted by atomic mass is 35.5. The molecule has 2 aromatic carbocycles. The van der Waals surface area contributed by atoms with Crippen molar-refractivity contribution in [2.24, 2.45) is 0 Å². The van der Waals surface area contributed by atoms with E-state index in [1.807, 2.05) is 61.7 Å². The second kappa shape index (κ2) is 9.02. The molecule has 0 atom stereocenters. The molecule has 0 aliphatic rings. The third-order valence-corrected chi connectivity index (χ3v) is 5.39. The van der Waals surface area contributed by atoms with Crippen LogP contribution >= 0.6 is 22.9 Å². The fourth-order valence-corrected chi connectivity index (χ4v) is 3.47. The van der Waals surface area contributed by atoms with Gasteiger partial charge in [0.2, 0.25) is 0 Å². The van der Waals surface area contributed by atoms with Crippen molar-refractivity contribution in [1.82, 2.24) is 10.3 Å². The van der Waals surface area contributed by atoms with Gasteiger partial charge in [0.1, 0.15) is 10.8 Å². The quantitative estimate of drug-likeness (QED) is 0.618. The second-order valence-electron chi connectivity index (χ2n) is 6.29. The molecule has 1 heterocycles. The predicted octanol–water partition coefficient (Wildman–Crippen LogP) is 4.82. The Hall–Kier alpha value is -2.37. The lowest BCUT2D eigenvalue weighted by atomic mass is 10.1. The van der Waals surface area contributed by atoms with E-state index >= 15 is 0 Å². The largest absolute Gasteiger partial charge is 0.484 e. The summed E-state index contributed by atoms with van der Waals surface area (Å²) in [6.07, 6.45) is 0.680.